The fourth-order valence-corrected chi connectivity index (χ4v) is 1.61. The number of likely N-dealkylation sites (tertiary alicyclic amines) is 1. The molecule has 2 heterocycles. The van der Waals surface area contributed by atoms with E-state index < -0.39 is 0 Å². The van der Waals surface area contributed by atoms with Crippen LogP contribution in [0.2, 0.25) is 0 Å². The van der Waals surface area contributed by atoms with Crippen LogP contribution in [0.25, 0.3) is 0 Å². The van der Waals surface area contributed by atoms with Crippen LogP contribution in [0, 0.1) is 0 Å². The van der Waals surface area contributed by atoms with Gasteiger partial charge in [-0.3, -0.25) is 10.00 Å². The molecule has 0 spiro atoms. The fraction of sp³-hybridized carbons (Fsp3) is 0.556. The molecule has 1 aromatic heterocycles. The van der Waals surface area contributed by atoms with Crippen molar-refractivity contribution in [1.29, 1.82) is 0 Å². The summed E-state index contributed by atoms with van der Waals surface area (Å²) in [6, 6.07) is 1.76. The maximum Gasteiger partial charge on any atom is 0.322 e. The summed E-state index contributed by atoms with van der Waals surface area (Å²) in [4.78, 5) is 13.5. The van der Waals surface area contributed by atoms with Crippen LogP contribution in [0.3, 0.4) is 0 Å². The molecule has 0 aliphatic carbocycles. The minimum Gasteiger partial charge on any atom is -0.324 e. The average molecular weight is 194 g/mol. The Hall–Kier alpha value is -1.52. The Morgan fingerprint density at radius 3 is 2.79 bits per heavy atom. The number of aryl methyl sites for hydroxylation is 1. The van der Waals surface area contributed by atoms with Crippen molar-refractivity contribution in [3.8, 4) is 0 Å². The number of carbonyl (C=O) groups is 1. The first-order valence-electron chi connectivity index (χ1n) is 4.81. The Labute approximate surface area is 82.7 Å². The number of carbonyl (C=O) groups excluding carboxylic acids is 1. The number of nitrogens with zero attached hydrogens (tertiary/aromatic N) is 3. The van der Waals surface area contributed by atoms with E-state index in [1.807, 2.05) is 4.90 Å². The first-order chi connectivity index (χ1) is 6.77. The second-order valence-electron chi connectivity index (χ2n) is 3.46. The predicted octanol–water partition coefficient (Wildman–Crippen LogP) is 1.05. The van der Waals surface area contributed by atoms with E-state index in [-0.39, 0.29) is 6.03 Å². The molecule has 0 bridgehead atoms. The Bertz CT molecular complexity index is 327. The van der Waals surface area contributed by atoms with Gasteiger partial charge in [-0.15, -0.1) is 0 Å². The normalized spacial score (nSPS) is 15.9. The minimum absolute atomic E-state index is 0.0221. The van der Waals surface area contributed by atoms with Gasteiger partial charge in [0.15, 0.2) is 0 Å². The summed E-state index contributed by atoms with van der Waals surface area (Å²) in [6.07, 6.45) is 3.89. The van der Waals surface area contributed by atoms with Crippen LogP contribution in [0.15, 0.2) is 12.3 Å². The largest absolute Gasteiger partial charge is 0.324 e. The van der Waals surface area contributed by atoms with Gasteiger partial charge >= 0.3 is 6.03 Å². The minimum atomic E-state index is -0.0221. The molecule has 0 aromatic carbocycles. The summed E-state index contributed by atoms with van der Waals surface area (Å²) in [5.41, 5.74) is 0. The van der Waals surface area contributed by atoms with Crippen molar-refractivity contribution < 1.29 is 4.79 Å². The number of hydrogen-bond donors (Lipinski definition) is 1. The van der Waals surface area contributed by atoms with Crippen molar-refractivity contribution in [2.24, 2.45) is 7.05 Å². The number of nitrogens with one attached hydrogen (secondary N) is 1. The number of amides is 2. The van der Waals surface area contributed by atoms with Gasteiger partial charge in [0.1, 0.15) is 5.82 Å². The highest BCUT2D eigenvalue weighted by Crippen LogP contribution is 2.10. The van der Waals surface area contributed by atoms with E-state index in [4.69, 9.17) is 0 Å². The second-order valence-corrected chi connectivity index (χ2v) is 3.46. The molecule has 5 heteroatoms. The number of rotatable bonds is 1. The summed E-state index contributed by atoms with van der Waals surface area (Å²) in [5, 5.41) is 6.80. The molecule has 76 valence electrons. The molecule has 14 heavy (non-hydrogen) atoms. The van der Waals surface area contributed by atoms with Crippen molar-refractivity contribution in [1.82, 2.24) is 14.7 Å². The van der Waals surface area contributed by atoms with Crippen LogP contribution in [0.1, 0.15) is 12.8 Å². The molecule has 0 unspecified atom stereocenters. The monoisotopic (exact) mass is 194 g/mol. The van der Waals surface area contributed by atoms with E-state index in [1.54, 1.807) is 24.0 Å². The summed E-state index contributed by atoms with van der Waals surface area (Å²) in [7, 11) is 1.81. The first-order valence-corrected chi connectivity index (χ1v) is 4.81. The molecule has 2 amide bonds. The number of urea groups is 1. The SMILES string of the molecule is Cn1nccc1NC(=O)N1CCCC1. The van der Waals surface area contributed by atoms with Crippen molar-refractivity contribution in [2.75, 3.05) is 18.4 Å². The maximum absolute atomic E-state index is 11.6. The van der Waals surface area contributed by atoms with Gasteiger partial charge in [0.05, 0.1) is 6.20 Å². The van der Waals surface area contributed by atoms with E-state index in [2.05, 4.69) is 10.4 Å². The Balaban J connectivity index is 1.97. The number of hydrogen-bond acceptors (Lipinski definition) is 2. The lowest BCUT2D eigenvalue weighted by molar-refractivity contribution is 0.222. The molecule has 1 fully saturated rings. The van der Waals surface area contributed by atoms with Crippen molar-refractivity contribution in [3.05, 3.63) is 12.3 Å². The topological polar surface area (TPSA) is 50.2 Å². The Morgan fingerprint density at radius 1 is 1.50 bits per heavy atom. The molecule has 1 aromatic rings. The second kappa shape index (κ2) is 3.69. The lowest BCUT2D eigenvalue weighted by Crippen LogP contribution is -2.32. The molecule has 1 aliphatic heterocycles. The Morgan fingerprint density at radius 2 is 2.21 bits per heavy atom. The third kappa shape index (κ3) is 1.71. The van der Waals surface area contributed by atoms with Crippen LogP contribution in [-0.2, 0) is 7.05 Å². The zero-order valence-electron chi connectivity index (χ0n) is 8.23. The number of aromatic nitrogens is 2. The summed E-state index contributed by atoms with van der Waals surface area (Å²) in [5.74, 6) is 0.738. The lowest BCUT2D eigenvalue weighted by atomic mass is 10.4. The van der Waals surface area contributed by atoms with Crippen LogP contribution in [0.4, 0.5) is 10.6 Å². The molecule has 1 saturated heterocycles. The first kappa shape index (κ1) is 9.05. The fourth-order valence-electron chi connectivity index (χ4n) is 1.61. The molecule has 2 rings (SSSR count). The molecule has 0 saturated carbocycles. The van der Waals surface area contributed by atoms with Crippen molar-refractivity contribution >= 4 is 11.8 Å². The van der Waals surface area contributed by atoms with E-state index >= 15 is 0 Å². The molecule has 1 aliphatic rings. The van der Waals surface area contributed by atoms with Crippen LogP contribution >= 0.6 is 0 Å². The van der Waals surface area contributed by atoms with Crippen LogP contribution < -0.4 is 5.32 Å². The molecular weight excluding hydrogens is 180 g/mol. The summed E-state index contributed by atoms with van der Waals surface area (Å²) >= 11 is 0. The van der Waals surface area contributed by atoms with E-state index in [9.17, 15) is 4.79 Å². The smallest absolute Gasteiger partial charge is 0.322 e. The molecule has 5 nitrogen and oxygen atoms in total. The maximum atomic E-state index is 11.6. The van der Waals surface area contributed by atoms with Gasteiger partial charge in [-0.1, -0.05) is 0 Å². The number of anilines is 1. The van der Waals surface area contributed by atoms with Crippen molar-refractivity contribution in [3.63, 3.8) is 0 Å². The van der Waals surface area contributed by atoms with Gasteiger partial charge in [-0.25, -0.2) is 4.79 Å². The summed E-state index contributed by atoms with van der Waals surface area (Å²) in [6.45, 7) is 1.73. The van der Waals surface area contributed by atoms with Crippen molar-refractivity contribution in [2.45, 2.75) is 12.8 Å². The molecular formula is C9H14N4O. The van der Waals surface area contributed by atoms with Gasteiger partial charge in [0, 0.05) is 26.2 Å². The summed E-state index contributed by atoms with van der Waals surface area (Å²) < 4.78 is 1.65. The molecule has 0 atom stereocenters. The highest BCUT2D eigenvalue weighted by molar-refractivity contribution is 5.88. The van der Waals surface area contributed by atoms with E-state index in [0.29, 0.717) is 0 Å². The highest BCUT2D eigenvalue weighted by atomic mass is 16.2. The zero-order valence-corrected chi connectivity index (χ0v) is 8.23. The lowest BCUT2D eigenvalue weighted by Gasteiger charge is -2.15. The Kier molecular flexibility index (Phi) is 2.39. The highest BCUT2D eigenvalue weighted by Gasteiger charge is 2.18. The zero-order chi connectivity index (χ0) is 9.97. The van der Waals surface area contributed by atoms with E-state index in [0.717, 1.165) is 31.7 Å². The molecule has 1 N–H and O–H groups in total. The van der Waals surface area contributed by atoms with Gasteiger partial charge in [0.25, 0.3) is 0 Å². The van der Waals surface area contributed by atoms with Gasteiger partial charge in [-0.2, -0.15) is 5.10 Å². The third-order valence-electron chi connectivity index (χ3n) is 2.45. The average Bonchev–Trinajstić information content (AvgIpc) is 2.77. The van der Waals surface area contributed by atoms with Crippen LogP contribution in [-0.4, -0.2) is 33.8 Å². The van der Waals surface area contributed by atoms with Gasteiger partial charge in [0.2, 0.25) is 0 Å². The molecule has 0 radical (unpaired) electrons. The van der Waals surface area contributed by atoms with E-state index in [1.165, 1.54) is 0 Å². The standard InChI is InChI=1S/C9H14N4O/c1-12-8(4-5-10-12)11-9(14)13-6-2-3-7-13/h4-5H,2-3,6-7H2,1H3,(H,11,14). The van der Waals surface area contributed by atoms with Gasteiger partial charge in [-0.05, 0) is 12.8 Å². The third-order valence-corrected chi connectivity index (χ3v) is 2.45. The van der Waals surface area contributed by atoms with Gasteiger partial charge < -0.3 is 4.90 Å². The van der Waals surface area contributed by atoms with Crippen LogP contribution in [0.5, 0.6) is 0 Å². The predicted molar refractivity (Wildman–Crippen MR) is 53.0 cm³/mol. The quantitative estimate of drug-likeness (QED) is 0.726.